The minimum absolute atomic E-state index is 0.234. The molecule has 0 saturated heterocycles. The topological polar surface area (TPSA) is 97.2 Å². The van der Waals surface area contributed by atoms with Crippen LogP contribution < -0.4 is 10.5 Å². The number of ether oxygens (including phenoxy) is 2. The second-order valence-electron chi connectivity index (χ2n) is 8.48. The van der Waals surface area contributed by atoms with Crippen molar-refractivity contribution in [3.05, 3.63) is 58.4 Å². The third-order valence-electron chi connectivity index (χ3n) is 5.88. The number of anilines is 1. The van der Waals surface area contributed by atoms with Crippen molar-refractivity contribution < 1.29 is 18.7 Å². The van der Waals surface area contributed by atoms with Crippen LogP contribution in [0.15, 0.2) is 47.1 Å². The van der Waals surface area contributed by atoms with Crippen LogP contribution in [0.3, 0.4) is 0 Å². The quantitative estimate of drug-likeness (QED) is 0.230. The van der Waals surface area contributed by atoms with Gasteiger partial charge >= 0.3 is 5.97 Å². The highest BCUT2D eigenvalue weighted by Crippen LogP contribution is 2.32. The molecule has 0 aliphatic heterocycles. The number of esters is 1. The molecule has 2 aromatic heterocycles. The number of imidazole rings is 1. The van der Waals surface area contributed by atoms with E-state index in [9.17, 15) is 9.18 Å². The molecule has 184 valence electrons. The van der Waals surface area contributed by atoms with Gasteiger partial charge in [-0.25, -0.2) is 18.9 Å². The van der Waals surface area contributed by atoms with Gasteiger partial charge in [-0.05, 0) is 55.2 Å². The molecule has 4 aromatic rings. The number of carbonyl (C=O) groups excluding carboxylic acids is 1. The Labute approximate surface area is 211 Å². The molecule has 0 radical (unpaired) electrons. The summed E-state index contributed by atoms with van der Waals surface area (Å²) >= 11 is 3.51. The van der Waals surface area contributed by atoms with Crippen molar-refractivity contribution in [3.63, 3.8) is 0 Å². The monoisotopic (exact) mass is 543 g/mol. The highest BCUT2D eigenvalue weighted by molar-refractivity contribution is 9.10. The lowest BCUT2D eigenvalue weighted by atomic mass is 10.0. The van der Waals surface area contributed by atoms with Crippen LogP contribution in [0.2, 0.25) is 0 Å². The van der Waals surface area contributed by atoms with Gasteiger partial charge in [-0.1, -0.05) is 22.9 Å². The van der Waals surface area contributed by atoms with Crippen LogP contribution in [0.5, 0.6) is 5.88 Å². The fourth-order valence-electron chi connectivity index (χ4n) is 4.07. The second kappa shape index (κ2) is 10.5. The summed E-state index contributed by atoms with van der Waals surface area (Å²) in [5, 5.41) is 4.22. The van der Waals surface area contributed by atoms with Crippen molar-refractivity contribution in [1.29, 1.82) is 0 Å². The van der Waals surface area contributed by atoms with Gasteiger partial charge in [0.25, 0.3) is 0 Å². The minimum atomic E-state index is -0.537. The first kappa shape index (κ1) is 24.7. The molecule has 10 heteroatoms. The molecule has 1 unspecified atom stereocenters. The molecule has 0 spiro atoms. The Kier molecular flexibility index (Phi) is 7.39. The number of methoxy groups -OCH3 is 1. The molecule has 0 aliphatic rings. The first-order chi connectivity index (χ1) is 16.8. The number of carbonyl (C=O) groups is 1. The number of nitrogen functional groups attached to an aromatic ring is 1. The number of benzene rings is 2. The third kappa shape index (κ3) is 5.32. The minimum Gasteiger partial charge on any atom is -0.477 e. The second-order valence-corrected chi connectivity index (χ2v) is 9.40. The Morgan fingerprint density at radius 3 is 2.80 bits per heavy atom. The number of aromatic nitrogens is 4. The lowest BCUT2D eigenvalue weighted by Crippen LogP contribution is -2.12. The van der Waals surface area contributed by atoms with Gasteiger partial charge in [0.15, 0.2) is 0 Å². The van der Waals surface area contributed by atoms with E-state index in [0.717, 1.165) is 34.9 Å². The van der Waals surface area contributed by atoms with E-state index in [4.69, 9.17) is 15.2 Å². The molecule has 2 N–H and O–H groups in total. The predicted molar refractivity (Wildman–Crippen MR) is 136 cm³/mol. The molecule has 0 aliphatic carbocycles. The summed E-state index contributed by atoms with van der Waals surface area (Å²) in [7, 11) is 3.02. The van der Waals surface area contributed by atoms with E-state index in [1.54, 1.807) is 11.7 Å². The smallest absolute Gasteiger partial charge is 0.337 e. The SMILES string of the molecule is COC(=O)c1ccc(F)c(-c2cnn(C)c2OCCCC(C)Cn2c(N)nc3ccc(Br)cc32)c1. The van der Waals surface area contributed by atoms with E-state index in [-0.39, 0.29) is 11.1 Å². The third-order valence-corrected chi connectivity index (χ3v) is 6.37. The summed E-state index contributed by atoms with van der Waals surface area (Å²) in [6.45, 7) is 3.33. The van der Waals surface area contributed by atoms with Gasteiger partial charge in [-0.2, -0.15) is 5.10 Å². The van der Waals surface area contributed by atoms with Gasteiger partial charge in [0.1, 0.15) is 5.82 Å². The van der Waals surface area contributed by atoms with Crippen molar-refractivity contribution in [1.82, 2.24) is 19.3 Å². The molecule has 0 bridgehead atoms. The number of aryl methyl sites for hydroxylation is 1. The lowest BCUT2D eigenvalue weighted by molar-refractivity contribution is 0.0600. The summed E-state index contributed by atoms with van der Waals surface area (Å²) < 4.78 is 29.9. The Morgan fingerprint density at radius 2 is 2.03 bits per heavy atom. The number of nitrogens with two attached hydrogens (primary N) is 1. The van der Waals surface area contributed by atoms with E-state index < -0.39 is 11.8 Å². The molecular weight excluding hydrogens is 517 g/mol. The number of rotatable bonds is 9. The summed E-state index contributed by atoms with van der Waals surface area (Å²) in [5.41, 5.74) is 8.99. The van der Waals surface area contributed by atoms with Gasteiger partial charge in [-0.3, -0.25) is 0 Å². The first-order valence-corrected chi connectivity index (χ1v) is 12.0. The largest absolute Gasteiger partial charge is 0.477 e. The van der Waals surface area contributed by atoms with E-state index in [1.165, 1.54) is 31.5 Å². The van der Waals surface area contributed by atoms with E-state index in [0.29, 0.717) is 29.9 Å². The zero-order valence-electron chi connectivity index (χ0n) is 19.8. The van der Waals surface area contributed by atoms with Crippen molar-refractivity contribution in [2.24, 2.45) is 13.0 Å². The van der Waals surface area contributed by atoms with Gasteiger partial charge in [0.2, 0.25) is 11.8 Å². The average Bonchev–Trinajstić information content (AvgIpc) is 3.35. The van der Waals surface area contributed by atoms with Gasteiger partial charge in [0, 0.05) is 23.6 Å². The van der Waals surface area contributed by atoms with Crippen LogP contribution in [0, 0.1) is 11.7 Å². The van der Waals surface area contributed by atoms with E-state index in [2.05, 4.69) is 32.9 Å². The molecule has 0 amide bonds. The van der Waals surface area contributed by atoms with Gasteiger partial charge < -0.3 is 19.8 Å². The Morgan fingerprint density at radius 1 is 1.23 bits per heavy atom. The molecule has 35 heavy (non-hydrogen) atoms. The lowest BCUT2D eigenvalue weighted by Gasteiger charge is -2.15. The Hall–Kier alpha value is -3.40. The number of hydrogen-bond donors (Lipinski definition) is 1. The Bertz CT molecular complexity index is 1370. The Balaban J connectivity index is 1.40. The van der Waals surface area contributed by atoms with Crippen LogP contribution in [-0.2, 0) is 18.3 Å². The standard InChI is InChI=1S/C25H27BrFN5O3/c1-15(14-32-22-12-17(26)7-9-21(22)30-25(32)28)5-4-10-35-23-19(13-29-31(23)2)18-11-16(24(33)34-3)6-8-20(18)27/h6-9,11-13,15H,4-5,10,14H2,1-3H3,(H2,28,30). The highest BCUT2D eigenvalue weighted by Gasteiger charge is 2.19. The van der Waals surface area contributed by atoms with Crippen LogP contribution >= 0.6 is 15.9 Å². The average molecular weight is 544 g/mol. The molecule has 2 heterocycles. The number of fused-ring (bicyclic) bond motifs is 1. The molecule has 8 nitrogen and oxygen atoms in total. The highest BCUT2D eigenvalue weighted by atomic mass is 79.9. The first-order valence-electron chi connectivity index (χ1n) is 11.2. The van der Waals surface area contributed by atoms with Gasteiger partial charge in [-0.15, -0.1) is 0 Å². The molecule has 0 fully saturated rings. The van der Waals surface area contributed by atoms with Crippen LogP contribution in [0.1, 0.15) is 30.1 Å². The summed E-state index contributed by atoms with van der Waals surface area (Å²) in [4.78, 5) is 16.3. The number of halogens is 2. The maximum atomic E-state index is 14.6. The fourth-order valence-corrected chi connectivity index (χ4v) is 4.42. The van der Waals surface area contributed by atoms with Gasteiger partial charge in [0.05, 0.1) is 42.1 Å². The van der Waals surface area contributed by atoms with Crippen molar-refractivity contribution in [2.75, 3.05) is 19.5 Å². The maximum absolute atomic E-state index is 14.6. The van der Waals surface area contributed by atoms with Crippen LogP contribution in [-0.4, -0.2) is 39.0 Å². The predicted octanol–water partition coefficient (Wildman–Crippen LogP) is 5.20. The van der Waals surface area contributed by atoms with Crippen molar-refractivity contribution in [3.8, 4) is 17.0 Å². The zero-order valence-corrected chi connectivity index (χ0v) is 21.4. The normalized spacial score (nSPS) is 12.1. The van der Waals surface area contributed by atoms with E-state index >= 15 is 0 Å². The molecular formula is C25H27BrFN5O3. The molecule has 4 rings (SSSR count). The van der Waals surface area contributed by atoms with Crippen molar-refractivity contribution >= 4 is 38.9 Å². The van der Waals surface area contributed by atoms with E-state index in [1.807, 2.05) is 22.8 Å². The number of nitrogens with zero attached hydrogens (tertiary/aromatic N) is 4. The maximum Gasteiger partial charge on any atom is 0.337 e. The van der Waals surface area contributed by atoms with Crippen LogP contribution in [0.4, 0.5) is 10.3 Å². The summed E-state index contributed by atoms with van der Waals surface area (Å²) in [5.74, 6) is 0.258. The van der Waals surface area contributed by atoms with Crippen molar-refractivity contribution in [2.45, 2.75) is 26.3 Å². The van der Waals surface area contributed by atoms with Crippen LogP contribution in [0.25, 0.3) is 22.2 Å². The molecule has 2 aromatic carbocycles. The summed E-state index contributed by atoms with van der Waals surface area (Å²) in [6, 6.07) is 9.99. The summed E-state index contributed by atoms with van der Waals surface area (Å²) in [6.07, 6.45) is 3.21. The number of hydrogen-bond acceptors (Lipinski definition) is 6. The molecule has 0 saturated carbocycles. The molecule has 1 atom stereocenters. The zero-order chi connectivity index (χ0) is 25.1. The fraction of sp³-hybridized carbons (Fsp3) is 0.320.